The lowest BCUT2D eigenvalue weighted by Crippen LogP contribution is -2.11. The lowest BCUT2D eigenvalue weighted by molar-refractivity contribution is -0.141. The number of nitrogens with zero attached hydrogens (tertiary/aromatic N) is 2. The van der Waals surface area contributed by atoms with E-state index >= 15 is 0 Å². The van der Waals surface area contributed by atoms with E-state index in [4.69, 9.17) is 105 Å². The molecule has 2 aliphatic heterocycles. The summed E-state index contributed by atoms with van der Waals surface area (Å²) in [4.78, 5) is 177. The van der Waals surface area contributed by atoms with Crippen LogP contribution in [0, 0.1) is 0 Å². The number of hydrogen-bond acceptors (Lipinski definition) is 34. The zero-order chi connectivity index (χ0) is 98.0. The fourth-order valence-electron chi connectivity index (χ4n) is 14.7. The van der Waals surface area contributed by atoms with Crippen molar-refractivity contribution >= 4 is 118 Å². The molecule has 0 radical (unpaired) electrons. The number of benzene rings is 4. The summed E-state index contributed by atoms with van der Waals surface area (Å²) in [5, 5.41) is 0. The molecule has 9 rings (SSSR count). The number of methoxy groups -OCH3 is 12. The number of carbonyl (C=O) groups excluding carboxylic acids is 12. The zero-order valence-corrected chi connectivity index (χ0v) is 78.8. The summed E-state index contributed by atoms with van der Waals surface area (Å²) in [7, 11) is 15.1. The normalized spacial score (nSPS) is 11.1. The first-order chi connectivity index (χ1) is 65.9. The average molecular weight is 1890 g/mol. The Balaban J connectivity index is 1.52. The molecule has 136 heavy (non-hydrogen) atoms. The van der Waals surface area contributed by atoms with Gasteiger partial charge in [-0.3, -0.25) is 38.4 Å². The maximum Gasteiger partial charge on any atom is 0.345 e. The van der Waals surface area contributed by atoms with Gasteiger partial charge in [0.05, 0.1) is 161 Å². The van der Waals surface area contributed by atoms with Gasteiger partial charge in [-0.1, -0.05) is 0 Å². The Morgan fingerprint density at radius 3 is 0.493 bits per heavy atom. The first-order valence-corrected chi connectivity index (χ1v) is 44.7. The summed E-state index contributed by atoms with van der Waals surface area (Å²) in [5.41, 5.74) is 4.37. The van der Waals surface area contributed by atoms with E-state index in [1.54, 1.807) is 97.1 Å². The summed E-state index contributed by atoms with van der Waals surface area (Å²) in [6, 6.07) is 20.1. The van der Waals surface area contributed by atoms with Crippen molar-refractivity contribution in [3.8, 4) is 90.5 Å². The molecule has 2 N–H and O–H groups in total. The number of rotatable bonds is 56. The Hall–Kier alpha value is -14.5. The minimum atomic E-state index is -0.848. The van der Waals surface area contributed by atoms with E-state index in [1.807, 2.05) is 0 Å². The second-order valence-electron chi connectivity index (χ2n) is 30.9. The number of aromatic amines is 2. The van der Waals surface area contributed by atoms with E-state index in [2.05, 4.69) is 9.97 Å². The summed E-state index contributed by atoms with van der Waals surface area (Å²) < 4.78 is 115. The molecule has 3 aromatic heterocycles. The summed E-state index contributed by atoms with van der Waals surface area (Å²) in [5.74, 6) is -7.13. The molecule has 0 unspecified atom stereocenters. The van der Waals surface area contributed by atoms with E-state index in [0.29, 0.717) is 169 Å². The van der Waals surface area contributed by atoms with Crippen LogP contribution >= 0.6 is 0 Å². The number of fused-ring (bicyclic) bond motifs is 8. The van der Waals surface area contributed by atoms with Crippen LogP contribution in [-0.2, 0) is 95.2 Å². The number of nitrogens with one attached hydrogen (secondary N) is 2. The third-order valence-corrected chi connectivity index (χ3v) is 21.8. The van der Waals surface area contributed by atoms with Crippen LogP contribution in [0.25, 0.3) is 90.9 Å². The number of ether oxygens (including phenoxy) is 20. The van der Waals surface area contributed by atoms with E-state index in [-0.39, 0.29) is 195 Å². The number of aromatic nitrogens is 4. The maximum absolute atomic E-state index is 14.5. The van der Waals surface area contributed by atoms with E-state index < -0.39 is 71.6 Å². The first-order valence-electron chi connectivity index (χ1n) is 44.7. The number of hydrogen-bond donors (Lipinski definition) is 2. The monoisotopic (exact) mass is 1890 g/mol. The van der Waals surface area contributed by atoms with Gasteiger partial charge in [-0.15, -0.1) is 0 Å². The van der Waals surface area contributed by atoms with Gasteiger partial charge in [0.2, 0.25) is 0 Å². The van der Waals surface area contributed by atoms with Gasteiger partial charge < -0.3 is 105 Å². The second-order valence-corrected chi connectivity index (χ2v) is 30.9. The molecule has 730 valence electrons. The highest BCUT2D eigenvalue weighted by Gasteiger charge is 2.32. The molecule has 5 heterocycles. The molecule has 0 saturated heterocycles. The fraction of sp³-hybridized carbons (Fsp3) is 0.440. The third kappa shape index (κ3) is 29.8. The van der Waals surface area contributed by atoms with Gasteiger partial charge in [0.1, 0.15) is 68.2 Å². The van der Waals surface area contributed by atoms with Crippen LogP contribution in [0.5, 0.6) is 46.0 Å². The van der Waals surface area contributed by atoms with Crippen molar-refractivity contribution < 1.29 is 152 Å². The minimum Gasteiger partial charge on any atom is -0.493 e. The SMILES string of the molecule is COC(=O)CCCCOc1cc(-c2c3nc(c(-c4cc(OCCCCC(=O)OC)c(C(=O)OC)c(OCCCCC(=O)OC)c4)c4ccc([nH]4)c(-c4cc(OCCCCC(=O)OC)c(C(=O)OC)c(OCCCCC(=O)OC)c4)c4nc(c(-c5cc(OCCCCC(=O)OC)c(C(=O)OC)c(OCCCCC(=O)OC)c5)c5ccc2[nH]5)C=C4)C=C3)cc(OCCCCC(=O)OC)c1C(=O)OC. The molecule has 4 aromatic carbocycles. The predicted molar refractivity (Wildman–Crippen MR) is 497 cm³/mol. The van der Waals surface area contributed by atoms with Gasteiger partial charge in [-0.05, 0) is 222 Å². The average Bonchev–Trinajstić information content (AvgIpc) is 1.55. The molecular weight excluding hydrogens is 1770 g/mol. The van der Waals surface area contributed by atoms with Crippen molar-refractivity contribution in [1.29, 1.82) is 0 Å². The predicted octanol–water partition coefficient (Wildman–Crippen LogP) is 16.2. The molecule has 0 aliphatic carbocycles. The number of carbonyl (C=O) groups is 12. The van der Waals surface area contributed by atoms with Crippen LogP contribution in [0.4, 0.5) is 0 Å². The van der Waals surface area contributed by atoms with Gasteiger partial charge in [0, 0.05) is 95.7 Å². The van der Waals surface area contributed by atoms with Crippen LogP contribution in [-0.4, -0.2) is 230 Å². The van der Waals surface area contributed by atoms with Crippen molar-refractivity contribution in [2.75, 3.05) is 138 Å². The van der Waals surface area contributed by atoms with Crippen LogP contribution in [0.1, 0.15) is 218 Å². The smallest absolute Gasteiger partial charge is 0.345 e. The highest BCUT2D eigenvalue weighted by molar-refractivity contribution is 6.05. The zero-order valence-electron chi connectivity index (χ0n) is 78.8. The molecule has 36 nitrogen and oxygen atoms in total. The molecule has 2 aliphatic rings. The van der Waals surface area contributed by atoms with Crippen LogP contribution < -0.4 is 37.9 Å². The Labute approximate surface area is 787 Å². The topological polar surface area (TPSA) is 447 Å². The van der Waals surface area contributed by atoms with Crippen LogP contribution in [0.15, 0.2) is 72.8 Å². The highest BCUT2D eigenvalue weighted by atomic mass is 16.6. The summed E-state index contributed by atoms with van der Waals surface area (Å²) in [6.07, 6.45) is 12.4. The van der Waals surface area contributed by atoms with Crippen molar-refractivity contribution in [2.45, 2.75) is 154 Å². The quantitative estimate of drug-likeness (QED) is 0.0203. The minimum absolute atomic E-state index is 0.0181. The Kier molecular flexibility index (Phi) is 42.3. The molecular formula is C100H118N4O32. The summed E-state index contributed by atoms with van der Waals surface area (Å²) >= 11 is 0. The number of unbranched alkanes of at least 4 members (excludes halogenated alkanes) is 8. The largest absolute Gasteiger partial charge is 0.493 e. The van der Waals surface area contributed by atoms with E-state index in [0.717, 1.165) is 0 Å². The Morgan fingerprint density at radius 1 is 0.213 bits per heavy atom. The fourth-order valence-corrected chi connectivity index (χ4v) is 14.7. The molecule has 0 fully saturated rings. The lowest BCUT2D eigenvalue weighted by Gasteiger charge is -2.18. The number of H-pyrrole nitrogens is 2. The molecule has 7 aromatic rings. The van der Waals surface area contributed by atoms with Gasteiger partial charge in [0.15, 0.2) is 0 Å². The van der Waals surface area contributed by atoms with Crippen LogP contribution in [0.2, 0.25) is 0 Å². The molecule has 36 heteroatoms. The highest BCUT2D eigenvalue weighted by Crippen LogP contribution is 2.47. The lowest BCUT2D eigenvalue weighted by atomic mass is 10.00. The maximum atomic E-state index is 14.5. The van der Waals surface area contributed by atoms with Crippen LogP contribution in [0.3, 0.4) is 0 Å². The standard InChI is InChI=1S/C100H118N4O32/c1-117-81(105)29-13-21-45-129-73-53-61(54-74(93(73)97(113)125-9)130-46-22-14-30-82(106)118-2)89-65-37-39-67(101-65)90(62-55-75(131-47-23-15-31-83(107)119-3)94(98(114)126-10)76(56-62)132-48-24-16-32-84(108)120-4)69-41-43-71(103-69)92(64-59-79(135-51-27-19-35-87(111)123-7)96(100(116)128-12)80(60-64)136-52-28-20-36-88(112)124-8)72-44-42-70(104-72)91(68-40-38-66(89)102-68)63-57-77(133-49-25-17-33-85(109)121-5)95(99(115)127-11)78(58-63)134-50-26-18-34-86(110)122-6/h37-44,53-60,101,104H,13-36,45-52H2,1-12H3. The van der Waals surface area contributed by atoms with Crippen molar-refractivity contribution in [1.82, 2.24) is 19.9 Å². The van der Waals surface area contributed by atoms with E-state index in [9.17, 15) is 57.5 Å². The summed E-state index contributed by atoms with van der Waals surface area (Å²) in [6.45, 7) is -0.374. The van der Waals surface area contributed by atoms with Gasteiger partial charge in [0.25, 0.3) is 0 Å². The molecule has 8 bridgehead atoms. The van der Waals surface area contributed by atoms with Crippen molar-refractivity contribution in [2.24, 2.45) is 0 Å². The van der Waals surface area contributed by atoms with E-state index in [1.165, 1.54) is 85.3 Å². The molecule has 0 amide bonds. The van der Waals surface area contributed by atoms with Crippen molar-refractivity contribution in [3.63, 3.8) is 0 Å². The third-order valence-electron chi connectivity index (χ3n) is 21.8. The van der Waals surface area contributed by atoms with Gasteiger partial charge >= 0.3 is 71.6 Å². The Bertz CT molecular complexity index is 4790. The van der Waals surface area contributed by atoms with Crippen molar-refractivity contribution in [3.05, 3.63) is 118 Å². The second kappa shape index (κ2) is 54.6. The first kappa shape index (κ1) is 105. The molecule has 0 atom stereocenters. The Morgan fingerprint density at radius 2 is 0.360 bits per heavy atom. The number of esters is 12. The van der Waals surface area contributed by atoms with Gasteiger partial charge in [-0.2, -0.15) is 0 Å². The molecule has 0 spiro atoms. The van der Waals surface area contributed by atoms with Gasteiger partial charge in [-0.25, -0.2) is 29.1 Å². The molecule has 0 saturated carbocycles.